The molecule has 16 heavy (non-hydrogen) atoms. The summed E-state index contributed by atoms with van der Waals surface area (Å²) in [5, 5.41) is 13.2. The average molecular weight is 220 g/mol. The Balaban J connectivity index is 3.04. The summed E-state index contributed by atoms with van der Waals surface area (Å²) in [5.41, 5.74) is 0.882. The topological polar surface area (TPSA) is 72.2 Å². The van der Waals surface area contributed by atoms with Gasteiger partial charge >= 0.3 is 0 Å². The summed E-state index contributed by atoms with van der Waals surface area (Å²) < 4.78 is 0. The van der Waals surface area contributed by atoms with Crippen LogP contribution in [0.15, 0.2) is 30.4 Å². The third kappa shape index (κ3) is 2.91. The van der Waals surface area contributed by atoms with Crippen molar-refractivity contribution in [1.29, 1.82) is 0 Å². The van der Waals surface area contributed by atoms with E-state index in [2.05, 4.69) is 5.32 Å². The number of amides is 1. The smallest absolute Gasteiger partial charge is 0.293 e. The molecule has 0 aromatic heterocycles. The quantitative estimate of drug-likeness (QED) is 0.483. The Hall–Kier alpha value is -2.17. The van der Waals surface area contributed by atoms with Gasteiger partial charge in [-0.1, -0.05) is 12.1 Å². The molecule has 0 saturated carbocycles. The van der Waals surface area contributed by atoms with Crippen LogP contribution in [0, 0.1) is 17.0 Å². The largest absolute Gasteiger partial charge is 0.317 e. The molecule has 0 aliphatic heterocycles. The van der Waals surface area contributed by atoms with Crippen LogP contribution < -0.4 is 5.32 Å². The van der Waals surface area contributed by atoms with Crippen molar-refractivity contribution in [3.63, 3.8) is 0 Å². The highest BCUT2D eigenvalue weighted by atomic mass is 16.6. The van der Waals surface area contributed by atoms with E-state index >= 15 is 0 Å². The number of allylic oxidation sites excluding steroid dienone is 1. The van der Waals surface area contributed by atoms with Gasteiger partial charge in [-0.05, 0) is 31.6 Å². The number of nitro benzene ring substituents is 1. The monoisotopic (exact) mass is 220 g/mol. The van der Waals surface area contributed by atoms with Crippen LogP contribution in [0.4, 0.5) is 11.4 Å². The second-order valence-electron chi connectivity index (χ2n) is 3.27. The molecule has 0 radical (unpaired) electrons. The van der Waals surface area contributed by atoms with Crippen molar-refractivity contribution in [3.05, 3.63) is 46.0 Å². The fraction of sp³-hybridized carbons (Fsp3) is 0.182. The molecule has 0 atom stereocenters. The van der Waals surface area contributed by atoms with Gasteiger partial charge in [-0.2, -0.15) is 0 Å². The van der Waals surface area contributed by atoms with Crippen LogP contribution in [0.5, 0.6) is 0 Å². The predicted octanol–water partition coefficient (Wildman–Crippen LogP) is 2.42. The maximum Gasteiger partial charge on any atom is 0.293 e. The average Bonchev–Trinajstić information content (AvgIpc) is 2.20. The van der Waals surface area contributed by atoms with E-state index in [4.69, 9.17) is 0 Å². The van der Waals surface area contributed by atoms with Crippen molar-refractivity contribution < 1.29 is 9.72 Å². The maximum absolute atomic E-state index is 11.3. The lowest BCUT2D eigenvalue weighted by molar-refractivity contribution is -0.384. The first kappa shape index (κ1) is 11.9. The van der Waals surface area contributed by atoms with E-state index < -0.39 is 4.92 Å². The molecule has 5 heteroatoms. The molecule has 1 amide bonds. The van der Waals surface area contributed by atoms with Gasteiger partial charge in [0.05, 0.1) is 4.92 Å². The van der Waals surface area contributed by atoms with Gasteiger partial charge in [0.15, 0.2) is 0 Å². The summed E-state index contributed by atoms with van der Waals surface area (Å²) in [4.78, 5) is 21.5. The lowest BCUT2D eigenvalue weighted by Gasteiger charge is -2.04. The van der Waals surface area contributed by atoms with Crippen molar-refractivity contribution in [3.8, 4) is 0 Å². The lowest BCUT2D eigenvalue weighted by Crippen LogP contribution is -2.09. The second kappa shape index (κ2) is 5.06. The van der Waals surface area contributed by atoms with Crippen LogP contribution in [-0.2, 0) is 4.79 Å². The van der Waals surface area contributed by atoms with Gasteiger partial charge in [0.1, 0.15) is 5.69 Å². The Morgan fingerprint density at radius 1 is 1.50 bits per heavy atom. The normalized spacial score (nSPS) is 10.4. The van der Waals surface area contributed by atoms with Gasteiger partial charge < -0.3 is 5.32 Å². The van der Waals surface area contributed by atoms with Gasteiger partial charge in [-0.25, -0.2) is 0 Å². The van der Waals surface area contributed by atoms with Crippen LogP contribution in [0.1, 0.15) is 12.5 Å². The first-order valence-corrected chi connectivity index (χ1v) is 4.73. The Morgan fingerprint density at radius 2 is 2.19 bits per heavy atom. The minimum Gasteiger partial charge on any atom is -0.317 e. The van der Waals surface area contributed by atoms with Crippen molar-refractivity contribution in [2.75, 3.05) is 5.32 Å². The van der Waals surface area contributed by atoms with E-state index in [0.29, 0.717) is 0 Å². The van der Waals surface area contributed by atoms with E-state index in [9.17, 15) is 14.9 Å². The third-order valence-electron chi connectivity index (χ3n) is 1.93. The van der Waals surface area contributed by atoms with Crippen molar-refractivity contribution in [2.24, 2.45) is 0 Å². The number of nitrogens with one attached hydrogen (secondary N) is 1. The fourth-order valence-corrected chi connectivity index (χ4v) is 1.22. The van der Waals surface area contributed by atoms with E-state index in [0.717, 1.165) is 5.56 Å². The van der Waals surface area contributed by atoms with E-state index in [-0.39, 0.29) is 17.3 Å². The Morgan fingerprint density at radius 3 is 2.75 bits per heavy atom. The van der Waals surface area contributed by atoms with Crippen LogP contribution in [0.25, 0.3) is 0 Å². The van der Waals surface area contributed by atoms with E-state index in [1.807, 2.05) is 0 Å². The van der Waals surface area contributed by atoms with Crippen LogP contribution in [0.3, 0.4) is 0 Å². The zero-order valence-corrected chi connectivity index (χ0v) is 9.06. The number of anilines is 1. The van der Waals surface area contributed by atoms with Gasteiger partial charge in [0, 0.05) is 6.07 Å². The molecule has 1 aromatic rings. The lowest BCUT2D eigenvalue weighted by atomic mass is 10.2. The zero-order valence-electron chi connectivity index (χ0n) is 9.06. The third-order valence-corrected chi connectivity index (χ3v) is 1.93. The van der Waals surface area contributed by atoms with Gasteiger partial charge in [-0.15, -0.1) is 0 Å². The molecule has 0 saturated heterocycles. The maximum atomic E-state index is 11.3. The summed E-state index contributed by atoms with van der Waals surface area (Å²) in [6.45, 7) is 3.45. The molecular weight excluding hydrogens is 208 g/mol. The first-order chi connectivity index (χ1) is 7.54. The molecular formula is C11H12N2O3. The predicted molar refractivity (Wildman–Crippen MR) is 61.3 cm³/mol. The molecule has 0 aliphatic carbocycles. The van der Waals surface area contributed by atoms with E-state index in [1.165, 1.54) is 18.2 Å². The number of hydrogen-bond donors (Lipinski definition) is 1. The number of benzene rings is 1. The number of nitro groups is 1. The van der Waals surface area contributed by atoms with Crippen molar-refractivity contribution in [2.45, 2.75) is 13.8 Å². The summed E-state index contributed by atoms with van der Waals surface area (Å²) >= 11 is 0. The number of carbonyl (C=O) groups is 1. The number of carbonyl (C=O) groups excluding carboxylic acids is 1. The minimum absolute atomic E-state index is 0.0992. The minimum atomic E-state index is -0.516. The standard InChI is InChI=1S/C11H12N2O3/c1-3-4-11(14)12-9-6-5-8(2)7-10(9)13(15)16/h3-7H,1-2H3,(H,12,14)/b4-3+. The van der Waals surface area contributed by atoms with Crippen LogP contribution in [-0.4, -0.2) is 10.8 Å². The molecule has 1 N–H and O–H groups in total. The number of aryl methyl sites for hydroxylation is 1. The van der Waals surface area contributed by atoms with Gasteiger partial charge in [0.2, 0.25) is 5.91 Å². The molecule has 1 aromatic carbocycles. The van der Waals surface area contributed by atoms with Gasteiger partial charge in [-0.3, -0.25) is 14.9 Å². The molecule has 0 unspecified atom stereocenters. The number of hydrogen-bond acceptors (Lipinski definition) is 3. The fourth-order valence-electron chi connectivity index (χ4n) is 1.22. The summed E-state index contributed by atoms with van der Waals surface area (Å²) in [6, 6.07) is 4.65. The molecule has 1 rings (SSSR count). The molecule has 0 heterocycles. The second-order valence-corrected chi connectivity index (χ2v) is 3.27. The molecule has 0 bridgehead atoms. The Labute approximate surface area is 92.9 Å². The zero-order chi connectivity index (χ0) is 12.1. The first-order valence-electron chi connectivity index (χ1n) is 4.73. The van der Waals surface area contributed by atoms with Crippen LogP contribution in [0.2, 0.25) is 0 Å². The van der Waals surface area contributed by atoms with Crippen molar-refractivity contribution in [1.82, 2.24) is 0 Å². The molecule has 0 spiro atoms. The Bertz CT molecular complexity index is 453. The highest BCUT2D eigenvalue weighted by Crippen LogP contribution is 2.25. The number of nitrogens with zero attached hydrogens (tertiary/aromatic N) is 1. The molecule has 0 fully saturated rings. The molecule has 0 aliphatic rings. The highest BCUT2D eigenvalue weighted by Gasteiger charge is 2.14. The molecule has 5 nitrogen and oxygen atoms in total. The summed E-state index contributed by atoms with van der Waals surface area (Å²) in [6.07, 6.45) is 2.87. The van der Waals surface area contributed by atoms with Crippen LogP contribution >= 0.6 is 0 Å². The SMILES string of the molecule is C/C=C/C(=O)Nc1ccc(C)cc1[N+](=O)[O-]. The highest BCUT2D eigenvalue weighted by molar-refractivity contribution is 6.00. The van der Waals surface area contributed by atoms with Gasteiger partial charge in [0.25, 0.3) is 5.69 Å². The molecule has 84 valence electrons. The Kier molecular flexibility index (Phi) is 3.77. The van der Waals surface area contributed by atoms with E-state index in [1.54, 1.807) is 26.0 Å². The van der Waals surface area contributed by atoms with Crippen molar-refractivity contribution >= 4 is 17.3 Å². The summed E-state index contributed by atoms with van der Waals surface area (Å²) in [5.74, 6) is -0.380. The summed E-state index contributed by atoms with van der Waals surface area (Å²) in [7, 11) is 0. The number of rotatable bonds is 3.